The molecule has 0 fully saturated rings. The Balaban J connectivity index is 1.06. The smallest absolute Gasteiger partial charge is 0.0476 e. The van der Waals surface area contributed by atoms with Gasteiger partial charge in [0.25, 0.3) is 0 Å². The first kappa shape index (κ1) is 30.4. The Morgan fingerprint density at radius 3 is 1.62 bits per heavy atom. The minimum atomic E-state index is 1.13. The van der Waals surface area contributed by atoms with Crippen LogP contribution in [0.5, 0.6) is 0 Å². The van der Waals surface area contributed by atoms with Gasteiger partial charge >= 0.3 is 0 Å². The highest BCUT2D eigenvalue weighted by Gasteiger charge is 2.16. The molecule has 9 aromatic carbocycles. The number of hydrogen-bond acceptors (Lipinski definition) is 2. The van der Waals surface area contributed by atoms with Crippen LogP contribution in [0.3, 0.4) is 0 Å². The average molecular weight is 680 g/mol. The van der Waals surface area contributed by atoms with Crippen LogP contribution in [-0.4, -0.2) is 0 Å². The molecule has 0 atom stereocenters. The van der Waals surface area contributed by atoms with E-state index in [1.165, 1.54) is 75.1 Å². The molecule has 1 nitrogen and oxygen atoms in total. The van der Waals surface area contributed by atoms with Crippen LogP contribution < -0.4 is 4.90 Å². The molecule has 52 heavy (non-hydrogen) atoms. The lowest BCUT2D eigenvalue weighted by Crippen LogP contribution is -2.10. The highest BCUT2D eigenvalue weighted by molar-refractivity contribution is 7.25. The second-order valence-corrected chi connectivity index (χ2v) is 14.5. The third-order valence-electron chi connectivity index (χ3n) is 10.2. The van der Waals surface area contributed by atoms with Crippen molar-refractivity contribution in [2.45, 2.75) is 0 Å². The fourth-order valence-electron chi connectivity index (χ4n) is 7.56. The van der Waals surface area contributed by atoms with Gasteiger partial charge in [0.2, 0.25) is 0 Å². The van der Waals surface area contributed by atoms with Gasteiger partial charge in [-0.2, -0.15) is 0 Å². The summed E-state index contributed by atoms with van der Waals surface area (Å²) < 4.78 is 2.61. The van der Waals surface area contributed by atoms with E-state index in [1.54, 1.807) is 0 Å². The summed E-state index contributed by atoms with van der Waals surface area (Å²) in [5, 5.41) is 7.57. The van der Waals surface area contributed by atoms with Gasteiger partial charge in [-0.1, -0.05) is 140 Å². The molecular weight excluding hydrogens is 647 g/mol. The molecule has 0 aliphatic rings. The minimum absolute atomic E-state index is 1.13. The third-order valence-corrected chi connectivity index (χ3v) is 11.3. The lowest BCUT2D eigenvalue weighted by Gasteiger charge is -2.26. The van der Waals surface area contributed by atoms with Crippen LogP contribution in [0.1, 0.15) is 0 Å². The topological polar surface area (TPSA) is 3.24 Å². The molecule has 0 aliphatic carbocycles. The van der Waals surface area contributed by atoms with Gasteiger partial charge < -0.3 is 4.90 Å². The van der Waals surface area contributed by atoms with E-state index in [9.17, 15) is 0 Å². The van der Waals surface area contributed by atoms with Crippen LogP contribution in [0.2, 0.25) is 0 Å². The third kappa shape index (κ3) is 5.51. The van der Waals surface area contributed by atoms with E-state index in [4.69, 9.17) is 0 Å². The molecule has 0 spiro atoms. The van der Waals surface area contributed by atoms with Gasteiger partial charge in [-0.15, -0.1) is 11.3 Å². The number of anilines is 3. The Hall–Kier alpha value is -6.48. The van der Waals surface area contributed by atoms with E-state index in [0.717, 1.165) is 17.1 Å². The summed E-state index contributed by atoms with van der Waals surface area (Å²) >= 11 is 1.86. The fourth-order valence-corrected chi connectivity index (χ4v) is 8.69. The zero-order valence-electron chi connectivity index (χ0n) is 28.4. The number of hydrogen-bond donors (Lipinski definition) is 0. The minimum Gasteiger partial charge on any atom is -0.310 e. The molecule has 0 saturated carbocycles. The SMILES string of the molecule is c1ccc(-c2cccc(N(c3ccc4cc(-c5cccc(-c6ccc7ccccc7c6)c5)ccc4c3)c3ccc4c(c3)sc3ccccc34)c2)cc1. The predicted molar refractivity (Wildman–Crippen MR) is 225 cm³/mol. The molecule has 10 rings (SSSR count). The second kappa shape index (κ2) is 12.7. The van der Waals surface area contributed by atoms with Crippen molar-refractivity contribution in [1.82, 2.24) is 0 Å². The van der Waals surface area contributed by atoms with E-state index in [2.05, 4.69) is 205 Å². The standard InChI is InChI=1S/C50H33NS/c1-2-10-34(11-3-1)39-16-9-17-44(31-39)51(46-26-27-48-47-18-6-7-19-49(47)52-50(48)33-46)45-25-24-42-30-41(22-23-43(42)32-45)38-15-8-14-37(29-38)40-21-20-35-12-4-5-13-36(35)28-40/h1-33H. The van der Waals surface area contributed by atoms with Gasteiger partial charge in [-0.05, 0) is 116 Å². The van der Waals surface area contributed by atoms with Crippen LogP contribution >= 0.6 is 11.3 Å². The van der Waals surface area contributed by atoms with Crippen LogP contribution in [0.25, 0.3) is 75.1 Å². The Kier molecular flexibility index (Phi) is 7.41. The Labute approximate surface area is 307 Å². The van der Waals surface area contributed by atoms with Crippen LogP contribution in [-0.2, 0) is 0 Å². The normalized spacial score (nSPS) is 11.5. The first-order valence-electron chi connectivity index (χ1n) is 17.7. The molecule has 0 amide bonds. The van der Waals surface area contributed by atoms with Crippen molar-refractivity contribution in [3.8, 4) is 33.4 Å². The number of rotatable bonds is 6. The largest absolute Gasteiger partial charge is 0.310 e. The van der Waals surface area contributed by atoms with E-state index >= 15 is 0 Å². The van der Waals surface area contributed by atoms with Crippen molar-refractivity contribution in [2.75, 3.05) is 4.90 Å². The highest BCUT2D eigenvalue weighted by atomic mass is 32.1. The van der Waals surface area contributed by atoms with E-state index in [0.29, 0.717) is 0 Å². The van der Waals surface area contributed by atoms with Crippen LogP contribution in [0.15, 0.2) is 200 Å². The molecule has 0 unspecified atom stereocenters. The summed E-state index contributed by atoms with van der Waals surface area (Å²) in [4.78, 5) is 2.40. The zero-order valence-corrected chi connectivity index (χ0v) is 29.2. The maximum absolute atomic E-state index is 2.40. The van der Waals surface area contributed by atoms with Crippen molar-refractivity contribution in [1.29, 1.82) is 0 Å². The summed E-state index contributed by atoms with van der Waals surface area (Å²) in [6.45, 7) is 0. The molecule has 244 valence electrons. The van der Waals surface area contributed by atoms with Gasteiger partial charge in [-0.25, -0.2) is 0 Å². The monoisotopic (exact) mass is 679 g/mol. The first-order valence-corrected chi connectivity index (χ1v) is 18.6. The van der Waals surface area contributed by atoms with Gasteiger partial charge in [0.05, 0.1) is 0 Å². The lowest BCUT2D eigenvalue weighted by atomic mass is 9.96. The molecule has 10 aromatic rings. The van der Waals surface area contributed by atoms with E-state index in [1.807, 2.05) is 11.3 Å². The quantitative estimate of drug-likeness (QED) is 0.169. The Bertz CT molecular complexity index is 2920. The second-order valence-electron chi connectivity index (χ2n) is 13.4. The molecule has 0 N–H and O–H groups in total. The Morgan fingerprint density at radius 1 is 0.269 bits per heavy atom. The summed E-state index contributed by atoms with van der Waals surface area (Å²) in [5.41, 5.74) is 10.7. The molecule has 1 aromatic heterocycles. The average Bonchev–Trinajstić information content (AvgIpc) is 3.59. The summed E-state index contributed by atoms with van der Waals surface area (Å²) in [6.07, 6.45) is 0. The molecular formula is C50H33NS. The highest BCUT2D eigenvalue weighted by Crippen LogP contribution is 2.42. The van der Waals surface area contributed by atoms with Crippen molar-refractivity contribution in [2.24, 2.45) is 0 Å². The summed E-state index contributed by atoms with van der Waals surface area (Å²) in [5.74, 6) is 0. The van der Waals surface area contributed by atoms with E-state index in [-0.39, 0.29) is 0 Å². The van der Waals surface area contributed by atoms with Crippen molar-refractivity contribution in [3.05, 3.63) is 200 Å². The first-order chi connectivity index (χ1) is 25.7. The fraction of sp³-hybridized carbons (Fsp3) is 0. The maximum Gasteiger partial charge on any atom is 0.0476 e. The Morgan fingerprint density at radius 2 is 0.788 bits per heavy atom. The molecule has 2 heteroatoms. The molecule has 0 aliphatic heterocycles. The molecule has 0 radical (unpaired) electrons. The predicted octanol–water partition coefficient (Wildman–Crippen LogP) is 14.8. The number of fused-ring (bicyclic) bond motifs is 5. The molecule has 1 heterocycles. The van der Waals surface area contributed by atoms with Crippen molar-refractivity contribution in [3.63, 3.8) is 0 Å². The molecule has 0 saturated heterocycles. The summed E-state index contributed by atoms with van der Waals surface area (Å²) in [7, 11) is 0. The van der Waals surface area contributed by atoms with Crippen molar-refractivity contribution < 1.29 is 0 Å². The number of nitrogens with zero attached hydrogens (tertiary/aromatic N) is 1. The van der Waals surface area contributed by atoms with Gasteiger partial charge in [-0.3, -0.25) is 0 Å². The molecule has 0 bridgehead atoms. The van der Waals surface area contributed by atoms with Gasteiger partial charge in [0.15, 0.2) is 0 Å². The van der Waals surface area contributed by atoms with Gasteiger partial charge in [0.1, 0.15) is 0 Å². The zero-order chi connectivity index (χ0) is 34.4. The summed E-state index contributed by atoms with van der Waals surface area (Å²) in [6, 6.07) is 73.0. The maximum atomic E-state index is 2.40. The number of benzene rings is 9. The van der Waals surface area contributed by atoms with E-state index < -0.39 is 0 Å². The lowest BCUT2D eigenvalue weighted by molar-refractivity contribution is 1.30. The van der Waals surface area contributed by atoms with Crippen LogP contribution in [0.4, 0.5) is 17.1 Å². The van der Waals surface area contributed by atoms with Crippen LogP contribution in [0, 0.1) is 0 Å². The number of thiophene rings is 1. The van der Waals surface area contributed by atoms with Crippen molar-refractivity contribution >= 4 is 70.1 Å². The van der Waals surface area contributed by atoms with Gasteiger partial charge in [0, 0.05) is 37.2 Å².